The number of morpholine rings is 1. The van der Waals surface area contributed by atoms with Crippen molar-refractivity contribution in [3.05, 3.63) is 23.8 Å². The molecule has 1 saturated heterocycles. The number of ether oxygens (including phenoxy) is 3. The molecule has 0 bridgehead atoms. The predicted molar refractivity (Wildman–Crippen MR) is 75.1 cm³/mol. The van der Waals surface area contributed by atoms with Crippen LogP contribution >= 0.6 is 0 Å². The number of nitrogens with two attached hydrogens (primary N) is 1. The van der Waals surface area contributed by atoms with Gasteiger partial charge in [-0.1, -0.05) is 0 Å². The molecule has 1 fully saturated rings. The Morgan fingerprint density at radius 2 is 2.14 bits per heavy atom. The molecule has 2 aliphatic heterocycles. The van der Waals surface area contributed by atoms with Gasteiger partial charge in [-0.15, -0.1) is 0 Å². The number of carbonyl (C=O) groups is 1. The number of carbonyl (C=O) groups excluding carboxylic acids is 1. The Labute approximate surface area is 123 Å². The monoisotopic (exact) mass is 291 g/mol. The molecule has 6 nitrogen and oxygen atoms in total. The van der Waals surface area contributed by atoms with Gasteiger partial charge in [0.25, 0.3) is 5.91 Å². The van der Waals surface area contributed by atoms with Gasteiger partial charge in [0.1, 0.15) is 0 Å². The summed E-state index contributed by atoms with van der Waals surface area (Å²) in [5, 5.41) is 0. The molecule has 6 heteroatoms. The van der Waals surface area contributed by atoms with Gasteiger partial charge in [0.05, 0.1) is 19.8 Å². The molecule has 0 saturated carbocycles. The van der Waals surface area contributed by atoms with Crippen LogP contribution in [0.2, 0.25) is 0 Å². The Bertz CT molecular complexity index is 514. The molecule has 0 aliphatic carbocycles. The lowest BCUT2D eigenvalue weighted by atomic mass is 10.1. The van der Waals surface area contributed by atoms with E-state index in [2.05, 4.69) is 11.0 Å². The number of benzene rings is 1. The lowest BCUT2D eigenvalue weighted by molar-refractivity contribution is -0.124. The number of hydrogen-bond acceptors (Lipinski definition) is 5. The fourth-order valence-electron chi connectivity index (χ4n) is 2.56. The van der Waals surface area contributed by atoms with Crippen LogP contribution < -0.4 is 15.2 Å². The van der Waals surface area contributed by atoms with Crippen LogP contribution in [0.15, 0.2) is 12.1 Å². The minimum Gasteiger partial charge on any atom is -0.489 e. The highest BCUT2D eigenvalue weighted by Crippen LogP contribution is 2.35. The summed E-state index contributed by atoms with van der Waals surface area (Å²) in [5.41, 5.74) is 6.34. The third-order valence-electron chi connectivity index (χ3n) is 3.70. The number of hydrogen-bond donors (Lipinski definition) is 1. The number of rotatable bonds is 3. The zero-order valence-electron chi connectivity index (χ0n) is 11.8. The summed E-state index contributed by atoms with van der Waals surface area (Å²) in [7, 11) is 0. The molecule has 1 atom stereocenters. The minimum absolute atomic E-state index is 0.417. The van der Waals surface area contributed by atoms with Gasteiger partial charge in [0.15, 0.2) is 17.6 Å². The summed E-state index contributed by atoms with van der Waals surface area (Å²) in [6.07, 6.45) is -0.181. The molecule has 21 heavy (non-hydrogen) atoms. The molecule has 0 aromatic heterocycles. The molecule has 2 aliphatic rings. The summed E-state index contributed by atoms with van der Waals surface area (Å²) in [6.45, 7) is 4.47. The molecular formula is C15H19N2O4. The van der Waals surface area contributed by atoms with Crippen molar-refractivity contribution in [1.82, 2.24) is 4.90 Å². The van der Waals surface area contributed by atoms with Gasteiger partial charge >= 0.3 is 0 Å². The van der Waals surface area contributed by atoms with E-state index in [-0.39, 0.29) is 0 Å². The van der Waals surface area contributed by atoms with Crippen LogP contribution in [-0.4, -0.2) is 49.8 Å². The predicted octanol–water partition coefficient (Wildman–Crippen LogP) is 0.334. The van der Waals surface area contributed by atoms with E-state index in [1.54, 1.807) is 6.07 Å². The first kappa shape index (κ1) is 14.2. The number of fused-ring (bicyclic) bond motifs is 1. The molecule has 1 amide bonds. The first-order chi connectivity index (χ1) is 10.2. The van der Waals surface area contributed by atoms with Crippen LogP contribution in [0, 0.1) is 6.07 Å². The maximum atomic E-state index is 11.3. The maximum absolute atomic E-state index is 11.3. The van der Waals surface area contributed by atoms with Crippen molar-refractivity contribution >= 4 is 5.91 Å². The molecule has 1 aromatic rings. The fourth-order valence-corrected chi connectivity index (χ4v) is 2.56. The zero-order chi connectivity index (χ0) is 14.7. The number of primary amides is 1. The average molecular weight is 291 g/mol. The second-order valence-corrected chi connectivity index (χ2v) is 5.21. The molecule has 1 aromatic carbocycles. The molecule has 3 rings (SSSR count). The highest BCUT2D eigenvalue weighted by atomic mass is 16.5. The van der Waals surface area contributed by atoms with Gasteiger partial charge < -0.3 is 19.9 Å². The Kier molecular flexibility index (Phi) is 4.26. The SMILES string of the molecule is NC(=O)C1CCOc2c(CN3CCOCC3)c[c]cc2O1. The topological polar surface area (TPSA) is 74.0 Å². The second kappa shape index (κ2) is 6.32. The first-order valence-electron chi connectivity index (χ1n) is 7.16. The summed E-state index contributed by atoms with van der Waals surface area (Å²) in [5.74, 6) is 0.774. The number of nitrogens with zero attached hydrogens (tertiary/aromatic N) is 1. The third-order valence-corrected chi connectivity index (χ3v) is 3.70. The maximum Gasteiger partial charge on any atom is 0.258 e. The molecule has 1 radical (unpaired) electrons. The Morgan fingerprint density at radius 3 is 2.90 bits per heavy atom. The Balaban J connectivity index is 1.79. The molecule has 2 N–H and O–H groups in total. The quantitative estimate of drug-likeness (QED) is 0.869. The van der Waals surface area contributed by atoms with Crippen molar-refractivity contribution in [2.45, 2.75) is 19.1 Å². The van der Waals surface area contributed by atoms with E-state index in [4.69, 9.17) is 19.9 Å². The molecule has 113 valence electrons. The van der Waals surface area contributed by atoms with E-state index >= 15 is 0 Å². The number of amides is 1. The fraction of sp³-hybridized carbons (Fsp3) is 0.533. The zero-order valence-corrected chi connectivity index (χ0v) is 11.8. The molecule has 1 unspecified atom stereocenters. The van der Waals surface area contributed by atoms with Gasteiger partial charge in [0, 0.05) is 31.6 Å². The molecule has 2 heterocycles. The van der Waals surface area contributed by atoms with Crippen LogP contribution in [0.1, 0.15) is 12.0 Å². The van der Waals surface area contributed by atoms with Crippen molar-refractivity contribution in [1.29, 1.82) is 0 Å². The van der Waals surface area contributed by atoms with Crippen molar-refractivity contribution in [2.75, 3.05) is 32.9 Å². The minimum atomic E-state index is -0.640. The third kappa shape index (κ3) is 3.28. The summed E-state index contributed by atoms with van der Waals surface area (Å²) in [4.78, 5) is 13.6. The lowest BCUT2D eigenvalue weighted by Crippen LogP contribution is -2.35. The van der Waals surface area contributed by atoms with Crippen LogP contribution in [-0.2, 0) is 16.1 Å². The average Bonchev–Trinajstić information content (AvgIpc) is 2.71. The van der Waals surface area contributed by atoms with E-state index < -0.39 is 12.0 Å². The molecule has 0 spiro atoms. The Morgan fingerprint density at radius 1 is 1.33 bits per heavy atom. The second-order valence-electron chi connectivity index (χ2n) is 5.21. The smallest absolute Gasteiger partial charge is 0.258 e. The van der Waals surface area contributed by atoms with Crippen LogP contribution in [0.25, 0.3) is 0 Å². The highest BCUT2D eigenvalue weighted by molar-refractivity contribution is 5.79. The van der Waals surface area contributed by atoms with E-state index in [0.717, 1.165) is 38.4 Å². The van der Waals surface area contributed by atoms with E-state index in [1.807, 2.05) is 6.07 Å². The standard InChI is InChI=1S/C15H19N2O4/c16-15(18)13-4-7-20-14-11(2-1-3-12(14)21-13)10-17-5-8-19-9-6-17/h2-3,13H,4-10H2,(H2,16,18). The van der Waals surface area contributed by atoms with E-state index in [1.165, 1.54) is 0 Å². The molecular weight excluding hydrogens is 272 g/mol. The van der Waals surface area contributed by atoms with Crippen molar-refractivity contribution < 1.29 is 19.0 Å². The lowest BCUT2D eigenvalue weighted by Gasteiger charge is -2.27. The van der Waals surface area contributed by atoms with Gasteiger partial charge in [-0.3, -0.25) is 9.69 Å². The van der Waals surface area contributed by atoms with Gasteiger partial charge in [-0.25, -0.2) is 0 Å². The van der Waals surface area contributed by atoms with Gasteiger partial charge in [-0.05, 0) is 18.2 Å². The van der Waals surface area contributed by atoms with Gasteiger partial charge in [-0.2, -0.15) is 0 Å². The van der Waals surface area contributed by atoms with Crippen molar-refractivity contribution in [3.63, 3.8) is 0 Å². The largest absolute Gasteiger partial charge is 0.489 e. The normalized spacial score (nSPS) is 22.6. The van der Waals surface area contributed by atoms with Gasteiger partial charge in [0.2, 0.25) is 0 Å². The summed E-state index contributed by atoms with van der Waals surface area (Å²) < 4.78 is 16.8. The van der Waals surface area contributed by atoms with Crippen molar-refractivity contribution in [2.24, 2.45) is 5.73 Å². The highest BCUT2D eigenvalue weighted by Gasteiger charge is 2.25. The van der Waals surface area contributed by atoms with Crippen LogP contribution in [0.5, 0.6) is 11.5 Å². The van der Waals surface area contributed by atoms with E-state index in [0.29, 0.717) is 24.5 Å². The summed E-state index contributed by atoms with van der Waals surface area (Å²) in [6, 6.07) is 6.65. The van der Waals surface area contributed by atoms with E-state index in [9.17, 15) is 4.79 Å². The van der Waals surface area contributed by atoms with Crippen molar-refractivity contribution in [3.8, 4) is 11.5 Å². The van der Waals surface area contributed by atoms with Crippen LogP contribution in [0.3, 0.4) is 0 Å². The first-order valence-corrected chi connectivity index (χ1v) is 7.16. The Hall–Kier alpha value is -1.79. The summed E-state index contributed by atoms with van der Waals surface area (Å²) >= 11 is 0. The van der Waals surface area contributed by atoms with Crippen LogP contribution in [0.4, 0.5) is 0 Å².